The van der Waals surface area contributed by atoms with Gasteiger partial charge in [0.15, 0.2) is 5.79 Å². The highest BCUT2D eigenvalue weighted by atomic mass is 16.7. The lowest BCUT2D eigenvalue weighted by Gasteiger charge is -2.40. The molecule has 1 heterocycles. The van der Waals surface area contributed by atoms with Gasteiger partial charge in [-0.15, -0.1) is 0 Å². The van der Waals surface area contributed by atoms with Crippen molar-refractivity contribution in [3.8, 4) is 0 Å². The molecule has 0 aromatic heterocycles. The molecule has 4 nitrogen and oxygen atoms in total. The van der Waals surface area contributed by atoms with E-state index in [9.17, 15) is 4.79 Å². The summed E-state index contributed by atoms with van der Waals surface area (Å²) >= 11 is 0. The van der Waals surface area contributed by atoms with Crippen LogP contribution in [-0.4, -0.2) is 31.6 Å². The van der Waals surface area contributed by atoms with Crippen LogP contribution in [0.2, 0.25) is 0 Å². The molecule has 2 rings (SSSR count). The van der Waals surface area contributed by atoms with Crippen molar-refractivity contribution in [3.05, 3.63) is 35.9 Å². The van der Waals surface area contributed by atoms with Crippen molar-refractivity contribution < 1.29 is 19.0 Å². The van der Waals surface area contributed by atoms with Crippen LogP contribution in [0.25, 0.3) is 0 Å². The van der Waals surface area contributed by atoms with Crippen LogP contribution >= 0.6 is 0 Å². The summed E-state index contributed by atoms with van der Waals surface area (Å²) in [5.74, 6) is -1.23. The van der Waals surface area contributed by atoms with Gasteiger partial charge in [-0.25, -0.2) is 0 Å². The number of carbonyl (C=O) groups is 1. The number of esters is 1. The van der Waals surface area contributed by atoms with Crippen molar-refractivity contribution in [1.82, 2.24) is 0 Å². The van der Waals surface area contributed by atoms with Crippen molar-refractivity contribution in [1.29, 1.82) is 0 Å². The van der Waals surface area contributed by atoms with E-state index < -0.39 is 11.2 Å². The Labute approximate surface area is 120 Å². The minimum absolute atomic E-state index is 0.284. The predicted octanol–water partition coefficient (Wildman–Crippen LogP) is 2.56. The van der Waals surface area contributed by atoms with E-state index in [0.29, 0.717) is 26.2 Å². The maximum atomic E-state index is 12.5. The second-order valence-corrected chi connectivity index (χ2v) is 5.36. The maximum Gasteiger partial charge on any atom is 0.317 e. The van der Waals surface area contributed by atoms with E-state index in [4.69, 9.17) is 14.2 Å². The molecule has 0 bridgehead atoms. The number of carbonyl (C=O) groups excluding carboxylic acids is 1. The van der Waals surface area contributed by atoms with E-state index >= 15 is 0 Å². The van der Waals surface area contributed by atoms with Crippen LogP contribution in [-0.2, 0) is 25.4 Å². The van der Waals surface area contributed by atoms with Gasteiger partial charge >= 0.3 is 5.97 Å². The zero-order chi connectivity index (χ0) is 14.6. The quantitative estimate of drug-likeness (QED) is 0.777. The summed E-state index contributed by atoms with van der Waals surface area (Å²) in [6.45, 7) is 6.82. The van der Waals surface area contributed by atoms with Crippen LogP contribution < -0.4 is 0 Å². The van der Waals surface area contributed by atoms with E-state index in [1.54, 1.807) is 6.92 Å². The lowest BCUT2D eigenvalue weighted by atomic mass is 9.76. The smallest absolute Gasteiger partial charge is 0.317 e. The molecule has 1 fully saturated rings. The maximum absolute atomic E-state index is 12.5. The van der Waals surface area contributed by atoms with E-state index in [-0.39, 0.29) is 5.97 Å². The van der Waals surface area contributed by atoms with Crippen LogP contribution in [0, 0.1) is 5.41 Å². The first kappa shape index (κ1) is 15.0. The van der Waals surface area contributed by atoms with Gasteiger partial charge in [-0.3, -0.25) is 4.79 Å². The Morgan fingerprint density at radius 1 is 1.30 bits per heavy atom. The first-order chi connectivity index (χ1) is 9.52. The van der Waals surface area contributed by atoms with Crippen molar-refractivity contribution >= 4 is 5.97 Å². The molecule has 1 atom stereocenters. The van der Waals surface area contributed by atoms with Crippen LogP contribution in [0.5, 0.6) is 0 Å². The molecule has 20 heavy (non-hydrogen) atoms. The fourth-order valence-corrected chi connectivity index (χ4v) is 2.55. The van der Waals surface area contributed by atoms with E-state index in [1.807, 2.05) is 44.2 Å². The van der Waals surface area contributed by atoms with Crippen molar-refractivity contribution in [2.75, 3.05) is 19.8 Å². The second-order valence-electron chi connectivity index (χ2n) is 5.36. The molecule has 1 aromatic carbocycles. The van der Waals surface area contributed by atoms with Crippen LogP contribution in [0.4, 0.5) is 0 Å². The predicted molar refractivity (Wildman–Crippen MR) is 75.2 cm³/mol. The minimum atomic E-state index is -0.949. The van der Waals surface area contributed by atoms with Gasteiger partial charge in [-0.2, -0.15) is 0 Å². The third-order valence-corrected chi connectivity index (χ3v) is 3.97. The summed E-state index contributed by atoms with van der Waals surface area (Å²) in [5.41, 5.74) is 0.185. The Balaban J connectivity index is 2.31. The molecule has 110 valence electrons. The number of ether oxygens (including phenoxy) is 3. The van der Waals surface area contributed by atoms with Crippen LogP contribution in [0.3, 0.4) is 0 Å². The van der Waals surface area contributed by atoms with Gasteiger partial charge in [0, 0.05) is 0 Å². The van der Waals surface area contributed by atoms with E-state index in [2.05, 4.69) is 0 Å². The highest BCUT2D eigenvalue weighted by Gasteiger charge is 2.55. The average Bonchev–Trinajstić information content (AvgIpc) is 2.88. The third-order valence-electron chi connectivity index (χ3n) is 3.97. The van der Waals surface area contributed by atoms with Crippen LogP contribution in [0.15, 0.2) is 30.3 Å². The molecule has 0 spiro atoms. The monoisotopic (exact) mass is 278 g/mol. The van der Waals surface area contributed by atoms with Gasteiger partial charge in [-0.1, -0.05) is 30.3 Å². The SMILES string of the molecule is CCOC(=O)C(C)(Cc1ccccc1)C1(C)OCCO1. The fourth-order valence-electron chi connectivity index (χ4n) is 2.55. The van der Waals surface area contributed by atoms with Gasteiger partial charge in [0.2, 0.25) is 0 Å². The normalized spacial score (nSPS) is 20.4. The van der Waals surface area contributed by atoms with Crippen molar-refractivity contribution in [2.24, 2.45) is 5.41 Å². The lowest BCUT2D eigenvalue weighted by molar-refractivity contribution is -0.230. The highest BCUT2D eigenvalue weighted by Crippen LogP contribution is 2.42. The Bertz CT molecular complexity index is 451. The Morgan fingerprint density at radius 2 is 1.90 bits per heavy atom. The lowest BCUT2D eigenvalue weighted by Crippen LogP contribution is -2.52. The standard InChI is InChI=1S/C16H22O4/c1-4-18-14(17)15(2,16(3)19-10-11-20-16)12-13-8-6-5-7-9-13/h5-9H,4,10-12H2,1-3H3. The Kier molecular flexibility index (Phi) is 4.45. The topological polar surface area (TPSA) is 44.8 Å². The fraction of sp³-hybridized carbons (Fsp3) is 0.562. The first-order valence-electron chi connectivity index (χ1n) is 7.01. The molecule has 0 radical (unpaired) electrons. The molecule has 1 aliphatic rings. The Morgan fingerprint density at radius 3 is 2.45 bits per heavy atom. The van der Waals surface area contributed by atoms with E-state index in [1.165, 1.54) is 0 Å². The summed E-state index contributed by atoms with van der Waals surface area (Å²) < 4.78 is 16.7. The van der Waals surface area contributed by atoms with Gasteiger partial charge in [0.1, 0.15) is 5.41 Å². The number of benzene rings is 1. The summed E-state index contributed by atoms with van der Waals surface area (Å²) in [6, 6.07) is 9.86. The molecule has 0 amide bonds. The minimum Gasteiger partial charge on any atom is -0.465 e. The van der Waals surface area contributed by atoms with Crippen molar-refractivity contribution in [3.63, 3.8) is 0 Å². The highest BCUT2D eigenvalue weighted by molar-refractivity contribution is 5.78. The largest absolute Gasteiger partial charge is 0.465 e. The molecule has 4 heteroatoms. The van der Waals surface area contributed by atoms with Crippen molar-refractivity contribution in [2.45, 2.75) is 33.0 Å². The average molecular weight is 278 g/mol. The number of hydrogen-bond acceptors (Lipinski definition) is 4. The second kappa shape index (κ2) is 5.94. The molecule has 1 saturated heterocycles. The molecule has 0 aliphatic carbocycles. The molecule has 0 N–H and O–H groups in total. The summed E-state index contributed by atoms with van der Waals surface area (Å²) in [6.07, 6.45) is 0.517. The summed E-state index contributed by atoms with van der Waals surface area (Å²) in [7, 11) is 0. The van der Waals surface area contributed by atoms with Gasteiger partial charge in [0.05, 0.1) is 19.8 Å². The first-order valence-corrected chi connectivity index (χ1v) is 7.01. The summed E-state index contributed by atoms with van der Waals surface area (Å²) in [4.78, 5) is 12.5. The van der Waals surface area contributed by atoms with Gasteiger partial charge < -0.3 is 14.2 Å². The third kappa shape index (κ3) is 2.72. The molecule has 1 aliphatic heterocycles. The van der Waals surface area contributed by atoms with E-state index in [0.717, 1.165) is 5.56 Å². The summed E-state index contributed by atoms with van der Waals surface area (Å²) in [5, 5.41) is 0. The van der Waals surface area contributed by atoms with Gasteiger partial charge in [-0.05, 0) is 32.8 Å². The zero-order valence-electron chi connectivity index (χ0n) is 12.3. The zero-order valence-corrected chi connectivity index (χ0v) is 12.3. The molecule has 1 unspecified atom stereocenters. The molecular weight excluding hydrogens is 256 g/mol. The number of rotatable bonds is 5. The number of hydrogen-bond donors (Lipinski definition) is 0. The molecule has 0 saturated carbocycles. The molecular formula is C16H22O4. The van der Waals surface area contributed by atoms with Gasteiger partial charge in [0.25, 0.3) is 0 Å². The van der Waals surface area contributed by atoms with Crippen LogP contribution in [0.1, 0.15) is 26.3 Å². The molecule has 1 aromatic rings. The Hall–Kier alpha value is -1.39.